The maximum atomic E-state index is 12.8. The second kappa shape index (κ2) is 7.52. The number of anilines is 1. The molecule has 26 heavy (non-hydrogen) atoms. The molecule has 4 nitrogen and oxygen atoms in total. The van der Waals surface area contributed by atoms with Gasteiger partial charge in [0.05, 0.1) is 6.61 Å². The van der Waals surface area contributed by atoms with Crippen molar-refractivity contribution in [3.8, 4) is 0 Å². The van der Waals surface area contributed by atoms with E-state index in [2.05, 4.69) is 10.6 Å². The summed E-state index contributed by atoms with van der Waals surface area (Å²) in [5.41, 5.74) is 1.20. The Kier molecular flexibility index (Phi) is 5.53. The highest BCUT2D eigenvalue weighted by Crippen LogP contribution is 2.58. The highest BCUT2D eigenvalue weighted by Gasteiger charge is 2.57. The third kappa shape index (κ3) is 4.35. The van der Waals surface area contributed by atoms with E-state index < -0.39 is 19.0 Å². The Morgan fingerprint density at radius 2 is 2.08 bits per heavy atom. The second-order valence-electron chi connectivity index (χ2n) is 7.11. The summed E-state index contributed by atoms with van der Waals surface area (Å²) in [5.74, 6) is -4.19. The number of hydrogen-bond donors (Lipinski definition) is 2. The van der Waals surface area contributed by atoms with Gasteiger partial charge in [-0.3, -0.25) is 4.79 Å². The predicted molar refractivity (Wildman–Crippen MR) is 88.3 cm³/mol. The van der Waals surface area contributed by atoms with Crippen LogP contribution in [0.25, 0.3) is 0 Å². The maximum absolute atomic E-state index is 12.8. The smallest absolute Gasteiger partial charge is 0.330 e. The van der Waals surface area contributed by atoms with Crippen LogP contribution in [0.5, 0.6) is 0 Å². The lowest BCUT2D eigenvalue weighted by atomic mass is 9.92. The molecule has 1 aromatic rings. The van der Waals surface area contributed by atoms with Crippen LogP contribution >= 0.6 is 0 Å². The van der Waals surface area contributed by atoms with Crippen molar-refractivity contribution in [3.63, 3.8) is 0 Å². The largest absolute Gasteiger partial charge is 0.370 e. The minimum absolute atomic E-state index is 0.00856. The zero-order chi connectivity index (χ0) is 18.8. The molecule has 2 fully saturated rings. The monoisotopic (exact) mass is 374 g/mol. The number of amides is 1. The summed E-state index contributed by atoms with van der Waals surface area (Å²) in [6.07, 6.45) is -0.866. The summed E-state index contributed by atoms with van der Waals surface area (Å²) in [4.78, 5) is 12.4. The average molecular weight is 374 g/mol. The minimum atomic E-state index is -4.17. The Morgan fingerprint density at radius 1 is 1.35 bits per heavy atom. The molecule has 2 aliphatic rings. The highest BCUT2D eigenvalue weighted by atomic mass is 19.3. The molecular weight excluding hydrogens is 352 g/mol. The molecule has 1 unspecified atom stereocenters. The van der Waals surface area contributed by atoms with Crippen molar-refractivity contribution in [3.05, 3.63) is 29.8 Å². The van der Waals surface area contributed by atoms with Gasteiger partial charge in [-0.1, -0.05) is 12.1 Å². The summed E-state index contributed by atoms with van der Waals surface area (Å²) >= 11 is 0. The predicted octanol–water partition coefficient (Wildman–Crippen LogP) is 3.43. The third-order valence-corrected chi connectivity index (χ3v) is 5.18. The summed E-state index contributed by atoms with van der Waals surface area (Å²) in [7, 11) is 0. The van der Waals surface area contributed by atoms with Crippen molar-refractivity contribution in [1.82, 2.24) is 5.32 Å². The topological polar surface area (TPSA) is 50.4 Å². The molecule has 0 aromatic heterocycles. The van der Waals surface area contributed by atoms with Gasteiger partial charge in [-0.05, 0) is 55.5 Å². The van der Waals surface area contributed by atoms with Crippen molar-refractivity contribution in [1.29, 1.82) is 0 Å². The van der Waals surface area contributed by atoms with Gasteiger partial charge in [-0.15, -0.1) is 0 Å². The zero-order valence-electron chi connectivity index (χ0n) is 14.2. The lowest BCUT2D eigenvalue weighted by Crippen LogP contribution is -2.32. The molecule has 1 heterocycles. The number of piperidine rings is 1. The van der Waals surface area contributed by atoms with Crippen LogP contribution < -0.4 is 10.6 Å². The first kappa shape index (κ1) is 19.1. The lowest BCUT2D eigenvalue weighted by molar-refractivity contribution is -0.168. The Bertz CT molecular complexity index is 648. The Balaban J connectivity index is 1.51. The zero-order valence-corrected chi connectivity index (χ0v) is 14.2. The number of rotatable bonds is 7. The van der Waals surface area contributed by atoms with Crippen LogP contribution in [0.2, 0.25) is 0 Å². The molecule has 1 saturated carbocycles. The third-order valence-electron chi connectivity index (χ3n) is 5.18. The molecule has 3 rings (SSSR count). The van der Waals surface area contributed by atoms with Crippen molar-refractivity contribution in [2.75, 3.05) is 25.0 Å². The maximum Gasteiger partial charge on any atom is 0.330 e. The number of carbonyl (C=O) groups is 1. The van der Waals surface area contributed by atoms with Crippen LogP contribution in [0.3, 0.4) is 0 Å². The van der Waals surface area contributed by atoms with Gasteiger partial charge in [-0.25, -0.2) is 8.78 Å². The van der Waals surface area contributed by atoms with Crippen LogP contribution in [0.4, 0.5) is 23.2 Å². The van der Waals surface area contributed by atoms with Gasteiger partial charge in [0.25, 0.3) is 0 Å². The van der Waals surface area contributed by atoms with E-state index in [1.807, 2.05) is 0 Å². The van der Waals surface area contributed by atoms with Gasteiger partial charge in [0.15, 0.2) is 0 Å². The molecule has 1 saturated heterocycles. The number of hydrogen-bond acceptors (Lipinski definition) is 3. The van der Waals surface area contributed by atoms with Gasteiger partial charge >= 0.3 is 12.3 Å². The molecule has 1 amide bonds. The number of nitrogens with one attached hydrogen (secondary N) is 2. The number of ether oxygens (including phenoxy) is 1. The summed E-state index contributed by atoms with van der Waals surface area (Å²) in [6.45, 7) is 0.282. The van der Waals surface area contributed by atoms with E-state index in [9.17, 15) is 22.4 Å². The van der Waals surface area contributed by atoms with E-state index >= 15 is 0 Å². The van der Waals surface area contributed by atoms with Crippen LogP contribution in [-0.2, 0) is 16.1 Å². The molecule has 0 radical (unpaired) electrons. The Hall–Kier alpha value is -1.67. The molecule has 1 atom stereocenters. The van der Waals surface area contributed by atoms with Crippen LogP contribution in [-0.4, -0.2) is 38.0 Å². The first-order valence-electron chi connectivity index (χ1n) is 8.67. The van der Waals surface area contributed by atoms with Gasteiger partial charge < -0.3 is 15.4 Å². The van der Waals surface area contributed by atoms with E-state index in [-0.39, 0.29) is 23.8 Å². The Morgan fingerprint density at radius 3 is 2.77 bits per heavy atom. The second-order valence-corrected chi connectivity index (χ2v) is 7.11. The van der Waals surface area contributed by atoms with Gasteiger partial charge in [0.1, 0.15) is 6.61 Å². The molecule has 1 spiro atoms. The molecule has 144 valence electrons. The quantitative estimate of drug-likeness (QED) is 0.719. The number of halogens is 4. The molecule has 1 aliphatic heterocycles. The van der Waals surface area contributed by atoms with Crippen LogP contribution in [0.1, 0.15) is 24.8 Å². The van der Waals surface area contributed by atoms with E-state index in [0.29, 0.717) is 11.3 Å². The molecular formula is C18H22F4N2O2. The van der Waals surface area contributed by atoms with E-state index in [1.165, 1.54) is 0 Å². The lowest BCUT2D eigenvalue weighted by Gasteiger charge is -2.23. The van der Waals surface area contributed by atoms with Gasteiger partial charge in [-0.2, -0.15) is 8.78 Å². The number of benzene rings is 1. The summed E-state index contributed by atoms with van der Waals surface area (Å²) in [5, 5.41) is 6.15. The molecule has 0 bridgehead atoms. The van der Waals surface area contributed by atoms with Crippen molar-refractivity contribution >= 4 is 11.6 Å². The van der Waals surface area contributed by atoms with Crippen LogP contribution in [0, 0.1) is 11.3 Å². The summed E-state index contributed by atoms with van der Waals surface area (Å²) < 4.78 is 54.6. The summed E-state index contributed by atoms with van der Waals surface area (Å²) in [6, 6.07) is 6.59. The van der Waals surface area contributed by atoms with Gasteiger partial charge in [0.2, 0.25) is 5.91 Å². The number of alkyl halides is 4. The minimum Gasteiger partial charge on any atom is -0.370 e. The van der Waals surface area contributed by atoms with Crippen molar-refractivity contribution in [2.24, 2.45) is 11.3 Å². The molecule has 8 heteroatoms. The first-order chi connectivity index (χ1) is 12.3. The van der Waals surface area contributed by atoms with E-state index in [0.717, 1.165) is 32.4 Å². The van der Waals surface area contributed by atoms with Crippen LogP contribution in [0.15, 0.2) is 24.3 Å². The van der Waals surface area contributed by atoms with Gasteiger partial charge in [0, 0.05) is 11.6 Å². The van der Waals surface area contributed by atoms with Crippen molar-refractivity contribution < 1.29 is 27.1 Å². The SMILES string of the molecule is O=C(Nc1cccc(COCC(F)(F)C(F)F)c1)C1CC12CCNCC2. The fourth-order valence-electron chi connectivity index (χ4n) is 3.53. The van der Waals surface area contributed by atoms with E-state index in [1.54, 1.807) is 24.3 Å². The fraction of sp³-hybridized carbons (Fsp3) is 0.611. The van der Waals surface area contributed by atoms with E-state index in [4.69, 9.17) is 4.74 Å². The standard InChI is InChI=1S/C18H22F4N2O2/c19-16(20)18(21,22)11-26-10-12-2-1-3-13(8-12)24-15(25)14-9-17(14)4-6-23-7-5-17/h1-3,8,14,16,23H,4-7,9-11H2,(H,24,25). The molecule has 1 aromatic carbocycles. The van der Waals surface area contributed by atoms with Crippen molar-refractivity contribution in [2.45, 2.75) is 38.2 Å². The highest BCUT2D eigenvalue weighted by molar-refractivity contribution is 5.95. The first-order valence-corrected chi connectivity index (χ1v) is 8.67. The molecule has 2 N–H and O–H groups in total. The average Bonchev–Trinajstić information content (AvgIpc) is 3.29. The fourth-order valence-corrected chi connectivity index (χ4v) is 3.53. The Labute approximate surface area is 149 Å². The molecule has 1 aliphatic carbocycles. The number of carbonyl (C=O) groups excluding carboxylic acids is 1. The normalized spacial score (nSPS) is 21.8.